The van der Waals surface area contributed by atoms with Crippen molar-refractivity contribution in [2.24, 2.45) is 0 Å². The second kappa shape index (κ2) is 8.90. The van der Waals surface area contributed by atoms with Gasteiger partial charge in [-0.2, -0.15) is 0 Å². The van der Waals surface area contributed by atoms with Gasteiger partial charge in [0.2, 0.25) is 0 Å². The molecular weight excluding hydrogens is 170 g/mol. The van der Waals surface area contributed by atoms with Gasteiger partial charge in [0.1, 0.15) is 0 Å². The van der Waals surface area contributed by atoms with E-state index in [0.717, 1.165) is 6.54 Å². The zero-order valence-electron chi connectivity index (χ0n) is 9.23. The Labute approximate surface area is 88.3 Å². The lowest BCUT2D eigenvalue weighted by atomic mass is 10.1. The minimum atomic E-state index is 1.11. The Bertz CT molecular complexity index is 162. The molecular formula is C13H23N. The van der Waals surface area contributed by atoms with Gasteiger partial charge in [0.25, 0.3) is 0 Å². The quantitative estimate of drug-likeness (QED) is 0.577. The Balaban J connectivity index is 2.18. The molecule has 0 unspecified atom stereocenters. The molecule has 0 spiro atoms. The Morgan fingerprint density at radius 1 is 0.786 bits per heavy atom. The molecule has 14 heavy (non-hydrogen) atoms. The summed E-state index contributed by atoms with van der Waals surface area (Å²) in [5, 5.41) is 3.27. The number of hydrogen-bond acceptors (Lipinski definition) is 1. The normalized spacial score (nSPS) is 21.1. The summed E-state index contributed by atoms with van der Waals surface area (Å²) in [4.78, 5) is 0. The first-order valence-electron chi connectivity index (χ1n) is 6.13. The van der Waals surface area contributed by atoms with Crippen LogP contribution in [-0.4, -0.2) is 6.54 Å². The summed E-state index contributed by atoms with van der Waals surface area (Å²) in [6.07, 6.45) is 16.4. The van der Waals surface area contributed by atoms with Gasteiger partial charge >= 0.3 is 0 Å². The molecule has 0 bridgehead atoms. The number of rotatable bonds is 0. The molecule has 1 N–H and O–H groups in total. The average molecular weight is 193 g/mol. The van der Waals surface area contributed by atoms with Crippen molar-refractivity contribution in [1.82, 2.24) is 5.32 Å². The van der Waals surface area contributed by atoms with Crippen LogP contribution < -0.4 is 5.32 Å². The maximum atomic E-state index is 3.27. The molecule has 0 saturated heterocycles. The van der Waals surface area contributed by atoms with Gasteiger partial charge in [-0.05, 0) is 25.3 Å². The standard InChI is InChI=1S/C13H23N/c1-2-4-6-8-10-12-14-13-11-9-7-5-3-1/h8,12,14H,1-7,9,11,13H2. The molecule has 0 saturated carbocycles. The van der Waals surface area contributed by atoms with E-state index < -0.39 is 0 Å². The van der Waals surface area contributed by atoms with Crippen LogP contribution in [0.3, 0.4) is 0 Å². The van der Waals surface area contributed by atoms with Gasteiger partial charge in [-0.3, -0.25) is 0 Å². The molecule has 80 valence electrons. The van der Waals surface area contributed by atoms with Crippen molar-refractivity contribution in [3.63, 3.8) is 0 Å². The van der Waals surface area contributed by atoms with E-state index in [0.29, 0.717) is 0 Å². The van der Waals surface area contributed by atoms with Crippen LogP contribution in [0.2, 0.25) is 0 Å². The lowest BCUT2D eigenvalue weighted by molar-refractivity contribution is 0.564. The minimum absolute atomic E-state index is 1.11. The molecule has 0 aromatic carbocycles. The largest absolute Gasteiger partial charge is 0.385 e. The second-order valence-corrected chi connectivity index (χ2v) is 4.09. The third-order valence-electron chi connectivity index (χ3n) is 2.72. The van der Waals surface area contributed by atoms with E-state index in [1.807, 2.05) is 6.20 Å². The fourth-order valence-electron chi connectivity index (χ4n) is 1.81. The summed E-state index contributed by atoms with van der Waals surface area (Å²) < 4.78 is 0. The van der Waals surface area contributed by atoms with Crippen LogP contribution in [-0.2, 0) is 0 Å². The SMILES string of the molecule is C1=CCCCCCCCCCCNC=1. The van der Waals surface area contributed by atoms with E-state index >= 15 is 0 Å². The van der Waals surface area contributed by atoms with Crippen LogP contribution >= 0.6 is 0 Å². The van der Waals surface area contributed by atoms with Crippen LogP contribution in [0, 0.1) is 0 Å². The Morgan fingerprint density at radius 3 is 2.21 bits per heavy atom. The smallest absolute Gasteiger partial charge is 0.0394 e. The summed E-state index contributed by atoms with van der Waals surface area (Å²) in [5.41, 5.74) is 3.18. The van der Waals surface area contributed by atoms with E-state index in [2.05, 4.69) is 17.1 Å². The first-order chi connectivity index (χ1) is 7.00. The van der Waals surface area contributed by atoms with E-state index in [4.69, 9.17) is 0 Å². The molecule has 1 heteroatoms. The molecule has 0 aromatic rings. The van der Waals surface area contributed by atoms with Crippen molar-refractivity contribution in [3.8, 4) is 0 Å². The molecule has 0 aliphatic carbocycles. The Hall–Kier alpha value is -0.680. The summed E-state index contributed by atoms with van der Waals surface area (Å²) in [6, 6.07) is 0. The molecule has 0 radical (unpaired) electrons. The summed E-state index contributed by atoms with van der Waals surface area (Å²) in [5.74, 6) is 0. The van der Waals surface area contributed by atoms with Crippen molar-refractivity contribution >= 4 is 0 Å². The lowest BCUT2D eigenvalue weighted by Crippen LogP contribution is -2.05. The zero-order chi connectivity index (χ0) is 9.90. The fraction of sp³-hybridized carbons (Fsp3) is 0.769. The van der Waals surface area contributed by atoms with Gasteiger partial charge < -0.3 is 5.32 Å². The average Bonchev–Trinajstić information content (AvgIpc) is 2.22. The van der Waals surface area contributed by atoms with Crippen LogP contribution in [0.25, 0.3) is 0 Å². The van der Waals surface area contributed by atoms with E-state index in [1.54, 1.807) is 0 Å². The molecule has 1 heterocycles. The zero-order valence-corrected chi connectivity index (χ0v) is 9.23. The third-order valence-corrected chi connectivity index (χ3v) is 2.72. The van der Waals surface area contributed by atoms with E-state index in [9.17, 15) is 0 Å². The topological polar surface area (TPSA) is 12.0 Å². The molecule has 0 aromatic heterocycles. The highest BCUT2D eigenvalue weighted by molar-refractivity contribution is 4.83. The van der Waals surface area contributed by atoms with Crippen molar-refractivity contribution in [2.45, 2.75) is 57.8 Å². The van der Waals surface area contributed by atoms with Gasteiger partial charge in [0, 0.05) is 12.7 Å². The molecule has 0 fully saturated rings. The molecule has 1 nitrogen and oxygen atoms in total. The molecule has 1 aliphatic rings. The van der Waals surface area contributed by atoms with Crippen LogP contribution in [0.1, 0.15) is 57.8 Å². The fourth-order valence-corrected chi connectivity index (χ4v) is 1.81. The lowest BCUT2D eigenvalue weighted by Gasteiger charge is -2.02. The third kappa shape index (κ3) is 6.80. The van der Waals surface area contributed by atoms with Gasteiger partial charge in [-0.1, -0.05) is 38.5 Å². The maximum Gasteiger partial charge on any atom is 0.0394 e. The summed E-state index contributed by atoms with van der Waals surface area (Å²) >= 11 is 0. The van der Waals surface area contributed by atoms with Crippen LogP contribution in [0.4, 0.5) is 0 Å². The van der Waals surface area contributed by atoms with Crippen LogP contribution in [0.15, 0.2) is 18.0 Å². The van der Waals surface area contributed by atoms with Gasteiger partial charge in [-0.15, -0.1) is 5.73 Å². The van der Waals surface area contributed by atoms with E-state index in [-0.39, 0.29) is 0 Å². The number of hydrogen-bond donors (Lipinski definition) is 1. The number of allylic oxidation sites excluding steroid dienone is 1. The predicted octanol–water partition coefficient (Wildman–Crippen LogP) is 3.77. The second-order valence-electron chi connectivity index (χ2n) is 4.09. The molecule has 0 amide bonds. The maximum absolute atomic E-state index is 3.27. The monoisotopic (exact) mass is 193 g/mol. The van der Waals surface area contributed by atoms with Crippen molar-refractivity contribution in [1.29, 1.82) is 0 Å². The molecule has 1 aliphatic heterocycles. The minimum Gasteiger partial charge on any atom is -0.385 e. The highest BCUT2D eigenvalue weighted by Gasteiger charge is 1.92. The Morgan fingerprint density at radius 2 is 1.43 bits per heavy atom. The highest BCUT2D eigenvalue weighted by atomic mass is 14.8. The van der Waals surface area contributed by atoms with Gasteiger partial charge in [0.05, 0.1) is 0 Å². The van der Waals surface area contributed by atoms with Gasteiger partial charge in [-0.25, -0.2) is 0 Å². The highest BCUT2D eigenvalue weighted by Crippen LogP contribution is 2.09. The Kier molecular flexibility index (Phi) is 7.24. The van der Waals surface area contributed by atoms with Crippen LogP contribution in [0.5, 0.6) is 0 Å². The summed E-state index contributed by atoms with van der Waals surface area (Å²) in [6.45, 7) is 1.11. The number of nitrogens with one attached hydrogen (secondary N) is 1. The van der Waals surface area contributed by atoms with Crippen molar-refractivity contribution in [2.75, 3.05) is 6.54 Å². The first-order valence-corrected chi connectivity index (χ1v) is 6.13. The van der Waals surface area contributed by atoms with Crippen molar-refractivity contribution < 1.29 is 0 Å². The van der Waals surface area contributed by atoms with E-state index in [1.165, 1.54) is 57.8 Å². The molecule has 0 atom stereocenters. The molecule has 1 rings (SSSR count). The van der Waals surface area contributed by atoms with Gasteiger partial charge in [0.15, 0.2) is 0 Å². The first kappa shape index (κ1) is 11.4. The van der Waals surface area contributed by atoms with Crippen molar-refractivity contribution in [3.05, 3.63) is 18.0 Å². The predicted molar refractivity (Wildman–Crippen MR) is 62.2 cm³/mol. The summed E-state index contributed by atoms with van der Waals surface area (Å²) in [7, 11) is 0.